The minimum Gasteiger partial charge on any atom is -0.393 e. The second kappa shape index (κ2) is 13.8. The van der Waals surface area contributed by atoms with Crippen LogP contribution >= 0.6 is 11.6 Å². The molecule has 2 N–H and O–H groups in total. The SMILES string of the molecule is CN(c1ccc(C#N)c(Cl)c1)C1CCC(NC(=O)c2ccc(N3CCC(CC(=O)N4CCC(O)CC4)CC3)cc2)CC1. The summed E-state index contributed by atoms with van der Waals surface area (Å²) in [6.07, 6.45) is 7.47. The summed E-state index contributed by atoms with van der Waals surface area (Å²) in [5, 5.41) is 22.5. The first-order valence-corrected chi connectivity index (χ1v) is 15.7. The van der Waals surface area contributed by atoms with Crippen LogP contribution in [0.4, 0.5) is 11.4 Å². The number of anilines is 2. The smallest absolute Gasteiger partial charge is 0.251 e. The Bertz CT molecular complexity index is 1270. The number of likely N-dealkylation sites (tertiary alicyclic amines) is 1. The highest BCUT2D eigenvalue weighted by atomic mass is 35.5. The number of aliphatic hydroxyl groups is 1. The quantitative estimate of drug-likeness (QED) is 0.471. The Balaban J connectivity index is 1.04. The summed E-state index contributed by atoms with van der Waals surface area (Å²) in [6, 6.07) is 16.1. The second-order valence-electron chi connectivity index (χ2n) is 12.2. The van der Waals surface area contributed by atoms with Crippen LogP contribution in [0.3, 0.4) is 0 Å². The Morgan fingerprint density at radius 2 is 1.64 bits per heavy atom. The summed E-state index contributed by atoms with van der Waals surface area (Å²) in [5.41, 5.74) is 3.28. The Labute approximate surface area is 254 Å². The van der Waals surface area contributed by atoms with E-state index in [0.29, 0.717) is 60.5 Å². The van der Waals surface area contributed by atoms with Gasteiger partial charge >= 0.3 is 0 Å². The van der Waals surface area contributed by atoms with Crippen LogP contribution < -0.4 is 15.1 Å². The van der Waals surface area contributed by atoms with E-state index in [1.165, 1.54) is 0 Å². The summed E-state index contributed by atoms with van der Waals surface area (Å²) in [7, 11) is 2.06. The van der Waals surface area contributed by atoms with Crippen molar-refractivity contribution in [3.8, 4) is 6.07 Å². The Kier molecular flexibility index (Phi) is 9.91. The third kappa shape index (κ3) is 7.37. The molecule has 8 nitrogen and oxygen atoms in total. The highest BCUT2D eigenvalue weighted by Crippen LogP contribution is 2.30. The van der Waals surface area contributed by atoms with Gasteiger partial charge in [0, 0.05) is 68.7 Å². The molecule has 3 fully saturated rings. The van der Waals surface area contributed by atoms with Crippen LogP contribution in [0.2, 0.25) is 5.02 Å². The average molecular weight is 592 g/mol. The highest BCUT2D eigenvalue weighted by Gasteiger charge is 2.28. The van der Waals surface area contributed by atoms with Gasteiger partial charge < -0.3 is 25.1 Å². The number of nitrogens with zero attached hydrogens (tertiary/aromatic N) is 4. The van der Waals surface area contributed by atoms with Crippen molar-refractivity contribution < 1.29 is 14.7 Å². The van der Waals surface area contributed by atoms with E-state index in [4.69, 9.17) is 16.9 Å². The van der Waals surface area contributed by atoms with Gasteiger partial charge in [0.2, 0.25) is 5.91 Å². The van der Waals surface area contributed by atoms with Crippen LogP contribution in [-0.2, 0) is 4.79 Å². The predicted molar refractivity (Wildman–Crippen MR) is 166 cm³/mol. The van der Waals surface area contributed by atoms with Crippen LogP contribution in [0.5, 0.6) is 0 Å². The molecule has 5 rings (SSSR count). The number of aliphatic hydroxyl groups excluding tert-OH is 1. The summed E-state index contributed by atoms with van der Waals surface area (Å²) < 4.78 is 0. The molecule has 1 aliphatic carbocycles. The number of amides is 2. The lowest BCUT2D eigenvalue weighted by molar-refractivity contribution is -0.134. The van der Waals surface area contributed by atoms with Crippen molar-refractivity contribution in [1.82, 2.24) is 10.2 Å². The standard InChI is InChI=1S/C33H42ClN5O3/c1-37(29-9-4-25(22-35)31(34)21-29)27-10-5-26(6-11-27)36-33(42)24-2-7-28(8-3-24)38-16-12-23(13-17-38)20-32(41)39-18-14-30(40)15-19-39/h2-4,7-9,21,23,26-27,30,40H,5-6,10-20H2,1H3,(H,36,42). The maximum atomic E-state index is 13.0. The summed E-state index contributed by atoms with van der Waals surface area (Å²) >= 11 is 6.24. The molecule has 2 amide bonds. The van der Waals surface area contributed by atoms with E-state index < -0.39 is 0 Å². The first-order valence-electron chi connectivity index (χ1n) is 15.3. The van der Waals surface area contributed by atoms with Crippen molar-refractivity contribution in [2.75, 3.05) is 43.0 Å². The van der Waals surface area contributed by atoms with Crippen molar-refractivity contribution >= 4 is 34.8 Å². The number of hydrogen-bond donors (Lipinski definition) is 2. The number of carbonyl (C=O) groups excluding carboxylic acids is 2. The molecule has 2 aromatic rings. The van der Waals surface area contributed by atoms with Crippen LogP contribution in [0.1, 0.15) is 73.7 Å². The molecular formula is C33H42ClN5O3. The number of benzene rings is 2. The van der Waals surface area contributed by atoms with Gasteiger partial charge in [-0.05, 0) is 99.7 Å². The van der Waals surface area contributed by atoms with E-state index in [0.717, 1.165) is 63.0 Å². The van der Waals surface area contributed by atoms with E-state index in [1.54, 1.807) is 6.07 Å². The maximum absolute atomic E-state index is 13.0. The van der Waals surface area contributed by atoms with Crippen molar-refractivity contribution in [1.29, 1.82) is 5.26 Å². The minimum atomic E-state index is -0.259. The van der Waals surface area contributed by atoms with Gasteiger partial charge in [0.1, 0.15) is 6.07 Å². The molecule has 0 bridgehead atoms. The molecule has 2 heterocycles. The molecule has 224 valence electrons. The summed E-state index contributed by atoms with van der Waals surface area (Å²) in [4.78, 5) is 32.2. The number of halogens is 1. The Hall–Kier alpha value is -3.28. The highest BCUT2D eigenvalue weighted by molar-refractivity contribution is 6.32. The fraction of sp³-hybridized carbons (Fsp3) is 0.545. The number of nitrogens with one attached hydrogen (secondary N) is 1. The molecule has 0 atom stereocenters. The van der Waals surface area contributed by atoms with Gasteiger partial charge in [0.15, 0.2) is 0 Å². The van der Waals surface area contributed by atoms with Crippen LogP contribution in [0.15, 0.2) is 42.5 Å². The van der Waals surface area contributed by atoms with E-state index in [9.17, 15) is 14.7 Å². The molecule has 42 heavy (non-hydrogen) atoms. The Morgan fingerprint density at radius 3 is 2.26 bits per heavy atom. The summed E-state index contributed by atoms with van der Waals surface area (Å²) in [6.45, 7) is 3.17. The van der Waals surface area contributed by atoms with E-state index in [1.807, 2.05) is 41.3 Å². The van der Waals surface area contributed by atoms with Gasteiger partial charge in [0.05, 0.1) is 16.7 Å². The van der Waals surface area contributed by atoms with Gasteiger partial charge in [-0.2, -0.15) is 5.26 Å². The zero-order valence-corrected chi connectivity index (χ0v) is 25.2. The Morgan fingerprint density at radius 1 is 0.976 bits per heavy atom. The molecule has 3 aliphatic rings. The number of nitriles is 1. The first kappa shape index (κ1) is 30.2. The molecule has 0 radical (unpaired) electrons. The first-order chi connectivity index (χ1) is 20.3. The number of hydrogen-bond acceptors (Lipinski definition) is 6. The average Bonchev–Trinajstić information content (AvgIpc) is 3.02. The molecule has 9 heteroatoms. The zero-order valence-electron chi connectivity index (χ0n) is 24.5. The van der Waals surface area contributed by atoms with Crippen LogP contribution in [0.25, 0.3) is 0 Å². The number of rotatable bonds is 7. The predicted octanol–water partition coefficient (Wildman–Crippen LogP) is 4.98. The van der Waals surface area contributed by atoms with Crippen molar-refractivity contribution in [2.45, 2.75) is 76.0 Å². The molecule has 1 saturated carbocycles. The lowest BCUT2D eigenvalue weighted by Gasteiger charge is -2.36. The van der Waals surface area contributed by atoms with Gasteiger partial charge in [-0.1, -0.05) is 11.6 Å². The molecule has 2 aromatic carbocycles. The van der Waals surface area contributed by atoms with Gasteiger partial charge in [-0.3, -0.25) is 9.59 Å². The topological polar surface area (TPSA) is 99.9 Å². The minimum absolute atomic E-state index is 0.0281. The molecule has 0 aromatic heterocycles. The van der Waals surface area contributed by atoms with Crippen LogP contribution in [0, 0.1) is 17.2 Å². The largest absolute Gasteiger partial charge is 0.393 e. The fourth-order valence-corrected chi connectivity index (χ4v) is 6.83. The van der Waals surface area contributed by atoms with E-state index in [-0.39, 0.29) is 24.0 Å². The van der Waals surface area contributed by atoms with Crippen LogP contribution in [-0.4, -0.2) is 73.2 Å². The van der Waals surface area contributed by atoms with Gasteiger partial charge in [-0.25, -0.2) is 0 Å². The normalized spacial score (nSPS) is 22.0. The van der Waals surface area contributed by atoms with Gasteiger partial charge in [0.25, 0.3) is 5.91 Å². The summed E-state index contributed by atoms with van der Waals surface area (Å²) in [5.74, 6) is 0.606. The van der Waals surface area contributed by atoms with Gasteiger partial charge in [-0.15, -0.1) is 0 Å². The monoisotopic (exact) mass is 591 g/mol. The zero-order chi connectivity index (χ0) is 29.6. The van der Waals surface area contributed by atoms with Crippen molar-refractivity contribution in [2.24, 2.45) is 5.92 Å². The number of carbonyl (C=O) groups is 2. The van der Waals surface area contributed by atoms with Crippen molar-refractivity contribution in [3.63, 3.8) is 0 Å². The molecule has 0 spiro atoms. The molecule has 2 saturated heterocycles. The third-order valence-electron chi connectivity index (χ3n) is 9.45. The van der Waals surface area contributed by atoms with E-state index >= 15 is 0 Å². The molecule has 2 aliphatic heterocycles. The fourth-order valence-electron chi connectivity index (χ4n) is 6.61. The maximum Gasteiger partial charge on any atom is 0.251 e. The lowest BCUT2D eigenvalue weighted by Crippen LogP contribution is -2.43. The third-order valence-corrected chi connectivity index (χ3v) is 9.76. The molecular weight excluding hydrogens is 550 g/mol. The van der Waals surface area contributed by atoms with Crippen molar-refractivity contribution in [3.05, 3.63) is 58.6 Å². The lowest BCUT2D eigenvalue weighted by atomic mass is 9.90. The second-order valence-corrected chi connectivity index (χ2v) is 12.6. The number of piperidine rings is 2. The van der Waals surface area contributed by atoms with E-state index in [2.05, 4.69) is 28.2 Å². The molecule has 0 unspecified atom stereocenters.